The monoisotopic (exact) mass is 357 g/mol. The standard InChI is InChI=1S/C19H23N3O2S/c1-4-10-22(13-17-9-6-11-25-17)18(23)15-7-5-8-16(12-15)21-19(24)20-14(2)3/h4-9,11-12,14H,1,10,13H2,2-3H3,(H2,20,21,24). The van der Waals surface area contributed by atoms with Crippen LogP contribution in [0.4, 0.5) is 10.5 Å². The molecule has 0 unspecified atom stereocenters. The first-order valence-corrected chi connectivity index (χ1v) is 8.97. The van der Waals surface area contributed by atoms with Crippen LogP contribution in [0.5, 0.6) is 0 Å². The Kier molecular flexibility index (Phi) is 6.77. The molecule has 0 fully saturated rings. The lowest BCUT2D eigenvalue weighted by Crippen LogP contribution is -2.34. The molecule has 0 radical (unpaired) electrons. The SMILES string of the molecule is C=CCN(Cc1cccs1)C(=O)c1cccc(NC(=O)NC(C)C)c1. The van der Waals surface area contributed by atoms with Crippen molar-refractivity contribution in [3.63, 3.8) is 0 Å². The molecule has 2 N–H and O–H groups in total. The molecule has 132 valence electrons. The molecule has 1 aromatic carbocycles. The lowest BCUT2D eigenvalue weighted by molar-refractivity contribution is 0.0764. The van der Waals surface area contributed by atoms with Gasteiger partial charge in [-0.15, -0.1) is 17.9 Å². The number of nitrogens with zero attached hydrogens (tertiary/aromatic N) is 1. The van der Waals surface area contributed by atoms with Crippen LogP contribution in [0.15, 0.2) is 54.4 Å². The zero-order chi connectivity index (χ0) is 18.2. The van der Waals surface area contributed by atoms with Crippen LogP contribution in [0.1, 0.15) is 29.1 Å². The second-order valence-corrected chi connectivity index (χ2v) is 6.92. The van der Waals surface area contributed by atoms with Gasteiger partial charge in [0, 0.05) is 28.7 Å². The highest BCUT2D eigenvalue weighted by atomic mass is 32.1. The average molecular weight is 357 g/mol. The fraction of sp³-hybridized carbons (Fsp3) is 0.263. The fourth-order valence-electron chi connectivity index (χ4n) is 2.31. The Labute approximate surface area is 152 Å². The number of carbonyl (C=O) groups is 2. The average Bonchev–Trinajstić information content (AvgIpc) is 3.06. The van der Waals surface area contributed by atoms with Gasteiger partial charge in [0.25, 0.3) is 5.91 Å². The molecule has 0 atom stereocenters. The van der Waals surface area contributed by atoms with Crippen molar-refractivity contribution in [1.29, 1.82) is 0 Å². The Morgan fingerprint density at radius 2 is 2.08 bits per heavy atom. The van der Waals surface area contributed by atoms with Crippen molar-refractivity contribution >= 4 is 29.0 Å². The van der Waals surface area contributed by atoms with Crippen molar-refractivity contribution in [3.8, 4) is 0 Å². The molecule has 25 heavy (non-hydrogen) atoms. The third-order valence-electron chi connectivity index (χ3n) is 3.35. The molecular formula is C19H23N3O2S. The molecule has 0 bridgehead atoms. The van der Waals surface area contributed by atoms with E-state index in [1.165, 1.54) is 0 Å². The molecule has 0 saturated heterocycles. The summed E-state index contributed by atoms with van der Waals surface area (Å²) in [5, 5.41) is 7.49. The summed E-state index contributed by atoms with van der Waals surface area (Å²) >= 11 is 1.61. The Morgan fingerprint density at radius 1 is 1.28 bits per heavy atom. The maximum Gasteiger partial charge on any atom is 0.319 e. The van der Waals surface area contributed by atoms with E-state index in [0.29, 0.717) is 24.3 Å². The number of amides is 3. The van der Waals surface area contributed by atoms with E-state index in [2.05, 4.69) is 17.2 Å². The highest BCUT2D eigenvalue weighted by Gasteiger charge is 2.16. The van der Waals surface area contributed by atoms with E-state index in [4.69, 9.17) is 0 Å². The second-order valence-electron chi connectivity index (χ2n) is 5.89. The predicted octanol–water partition coefficient (Wildman–Crippen LogP) is 4.11. The minimum atomic E-state index is -0.291. The number of hydrogen-bond acceptors (Lipinski definition) is 3. The van der Waals surface area contributed by atoms with Gasteiger partial charge in [0.15, 0.2) is 0 Å². The Morgan fingerprint density at radius 3 is 2.72 bits per heavy atom. The summed E-state index contributed by atoms with van der Waals surface area (Å²) in [7, 11) is 0. The highest BCUT2D eigenvalue weighted by molar-refractivity contribution is 7.09. The highest BCUT2D eigenvalue weighted by Crippen LogP contribution is 2.17. The van der Waals surface area contributed by atoms with Gasteiger partial charge in [0.1, 0.15) is 0 Å². The van der Waals surface area contributed by atoms with Crippen LogP contribution in [0, 0.1) is 0 Å². The van der Waals surface area contributed by atoms with E-state index >= 15 is 0 Å². The molecule has 0 saturated carbocycles. The van der Waals surface area contributed by atoms with E-state index in [9.17, 15) is 9.59 Å². The van der Waals surface area contributed by atoms with Gasteiger partial charge in [-0.05, 0) is 43.5 Å². The first-order valence-electron chi connectivity index (χ1n) is 8.09. The summed E-state index contributed by atoms with van der Waals surface area (Å²) < 4.78 is 0. The van der Waals surface area contributed by atoms with Crippen LogP contribution in [-0.4, -0.2) is 29.4 Å². The van der Waals surface area contributed by atoms with E-state index < -0.39 is 0 Å². The van der Waals surface area contributed by atoms with Crippen LogP contribution in [0.3, 0.4) is 0 Å². The van der Waals surface area contributed by atoms with Crippen molar-refractivity contribution in [2.45, 2.75) is 26.4 Å². The molecule has 3 amide bonds. The van der Waals surface area contributed by atoms with Gasteiger partial charge < -0.3 is 15.5 Å². The van der Waals surface area contributed by atoms with E-state index in [0.717, 1.165) is 4.88 Å². The molecule has 6 heteroatoms. The summed E-state index contributed by atoms with van der Waals surface area (Å²) in [4.78, 5) is 27.5. The number of nitrogens with one attached hydrogen (secondary N) is 2. The van der Waals surface area contributed by atoms with E-state index in [1.54, 1.807) is 46.6 Å². The zero-order valence-electron chi connectivity index (χ0n) is 14.5. The van der Waals surface area contributed by atoms with Crippen molar-refractivity contribution in [3.05, 3.63) is 64.9 Å². The molecule has 0 aliphatic rings. The molecule has 0 aliphatic carbocycles. The maximum absolute atomic E-state index is 12.8. The Bertz CT molecular complexity index is 726. The van der Waals surface area contributed by atoms with Crippen molar-refractivity contribution in [2.75, 3.05) is 11.9 Å². The van der Waals surface area contributed by atoms with Crippen molar-refractivity contribution in [2.24, 2.45) is 0 Å². The quantitative estimate of drug-likeness (QED) is 0.733. The van der Waals surface area contributed by atoms with Crippen LogP contribution in [0.2, 0.25) is 0 Å². The van der Waals surface area contributed by atoms with Crippen LogP contribution >= 0.6 is 11.3 Å². The topological polar surface area (TPSA) is 61.4 Å². The van der Waals surface area contributed by atoms with Crippen molar-refractivity contribution < 1.29 is 9.59 Å². The summed E-state index contributed by atoms with van der Waals surface area (Å²) in [5.41, 5.74) is 1.11. The zero-order valence-corrected chi connectivity index (χ0v) is 15.3. The van der Waals surface area contributed by atoms with Gasteiger partial charge >= 0.3 is 6.03 Å². The molecule has 0 spiro atoms. The van der Waals surface area contributed by atoms with Crippen molar-refractivity contribution in [1.82, 2.24) is 10.2 Å². The number of carbonyl (C=O) groups excluding carboxylic acids is 2. The van der Waals surface area contributed by atoms with Crippen LogP contribution in [0.25, 0.3) is 0 Å². The van der Waals surface area contributed by atoms with E-state index in [-0.39, 0.29) is 18.0 Å². The number of rotatable bonds is 7. The predicted molar refractivity (Wildman–Crippen MR) is 103 cm³/mol. The minimum absolute atomic E-state index is 0.0405. The second kappa shape index (κ2) is 9.03. The lowest BCUT2D eigenvalue weighted by Gasteiger charge is -2.21. The third kappa shape index (κ3) is 5.76. The van der Waals surface area contributed by atoms with Gasteiger partial charge in [-0.1, -0.05) is 18.2 Å². The van der Waals surface area contributed by atoms with Gasteiger partial charge in [-0.3, -0.25) is 4.79 Å². The van der Waals surface area contributed by atoms with Gasteiger partial charge in [0.05, 0.1) is 6.54 Å². The summed E-state index contributed by atoms with van der Waals surface area (Å²) in [6, 6.07) is 10.7. The maximum atomic E-state index is 12.8. The first-order chi connectivity index (χ1) is 12.0. The fourth-order valence-corrected chi connectivity index (χ4v) is 3.03. The summed E-state index contributed by atoms with van der Waals surface area (Å²) in [5.74, 6) is -0.0961. The smallest absolute Gasteiger partial charge is 0.319 e. The number of benzene rings is 1. The minimum Gasteiger partial charge on any atom is -0.336 e. The lowest BCUT2D eigenvalue weighted by atomic mass is 10.1. The normalized spacial score (nSPS) is 10.4. The molecule has 2 aromatic rings. The summed E-state index contributed by atoms with van der Waals surface area (Å²) in [6.45, 7) is 8.50. The Hall–Kier alpha value is -2.60. The van der Waals surface area contributed by atoms with Gasteiger partial charge in [0.2, 0.25) is 0 Å². The largest absolute Gasteiger partial charge is 0.336 e. The first kappa shape index (κ1) is 18.7. The van der Waals surface area contributed by atoms with Gasteiger partial charge in [-0.25, -0.2) is 4.79 Å². The Balaban J connectivity index is 2.12. The molecule has 1 heterocycles. The number of anilines is 1. The molecule has 5 nitrogen and oxygen atoms in total. The molecule has 1 aromatic heterocycles. The van der Waals surface area contributed by atoms with Crippen LogP contribution < -0.4 is 10.6 Å². The summed E-state index contributed by atoms with van der Waals surface area (Å²) in [6.07, 6.45) is 1.71. The third-order valence-corrected chi connectivity index (χ3v) is 4.21. The number of urea groups is 1. The molecule has 0 aliphatic heterocycles. The molecule has 2 rings (SSSR count). The molecular weight excluding hydrogens is 334 g/mol. The number of thiophene rings is 1. The van der Waals surface area contributed by atoms with E-state index in [1.807, 2.05) is 31.4 Å². The van der Waals surface area contributed by atoms with Gasteiger partial charge in [-0.2, -0.15) is 0 Å². The number of hydrogen-bond donors (Lipinski definition) is 2. The van der Waals surface area contributed by atoms with Crippen LogP contribution in [-0.2, 0) is 6.54 Å².